The minimum Gasteiger partial charge on any atom is -0.508 e. The summed E-state index contributed by atoms with van der Waals surface area (Å²) in [6, 6.07) is 3.14. The smallest absolute Gasteiger partial charge is 0.326 e. The van der Waals surface area contributed by atoms with E-state index in [1.54, 1.807) is 0 Å². The predicted molar refractivity (Wildman–Crippen MR) is 210 cm³/mol. The van der Waals surface area contributed by atoms with Crippen molar-refractivity contribution in [2.75, 3.05) is 11.5 Å². The minimum atomic E-state index is -1.46. The Labute approximate surface area is 340 Å². The first kappa shape index (κ1) is 48.6. The molecular weight excluding hydrogens is 805 g/mol. The summed E-state index contributed by atoms with van der Waals surface area (Å²) in [7, 11) is 1.89. The van der Waals surface area contributed by atoms with Gasteiger partial charge in [-0.25, -0.2) is 9.59 Å². The second-order valence-corrected chi connectivity index (χ2v) is 15.6. The van der Waals surface area contributed by atoms with Crippen LogP contribution in [0.15, 0.2) is 48.5 Å². The third kappa shape index (κ3) is 18.6. The lowest BCUT2D eigenvalue weighted by Crippen LogP contribution is -2.53. The molecule has 20 nitrogen and oxygen atoms in total. The maximum Gasteiger partial charge on any atom is 0.326 e. The van der Waals surface area contributed by atoms with Gasteiger partial charge in [-0.15, -0.1) is 0 Å². The lowest BCUT2D eigenvalue weighted by Gasteiger charge is -2.23. The molecule has 2 aromatic carbocycles. The molecule has 2 unspecified atom stereocenters. The van der Waals surface area contributed by atoms with Crippen LogP contribution in [0.1, 0.15) is 49.7 Å². The number of amides is 4. The molecular formula is C36H48N6O14S2. The van der Waals surface area contributed by atoms with E-state index in [4.69, 9.17) is 21.7 Å². The molecule has 14 N–H and O–H groups in total. The first-order valence-corrected chi connectivity index (χ1v) is 20.3. The zero-order chi connectivity index (χ0) is 43.4. The second-order valence-electron chi connectivity index (χ2n) is 13.0. The molecule has 0 fully saturated rings. The van der Waals surface area contributed by atoms with Crippen molar-refractivity contribution in [2.45, 2.75) is 87.6 Å². The van der Waals surface area contributed by atoms with Gasteiger partial charge in [-0.05, 0) is 61.1 Å². The summed E-state index contributed by atoms with van der Waals surface area (Å²) in [6.45, 7) is 0. The predicted octanol–water partition coefficient (Wildman–Crippen LogP) is -0.463. The molecule has 6 atom stereocenters. The van der Waals surface area contributed by atoms with E-state index in [1.165, 1.54) is 48.5 Å². The standard InChI is InChI=1S/C36H48N6O14S2/c37-23(33(49)50)3-1-5-29(45)39-27(31(47)41-25(35(53)54)15-19-7-11-21(43)12-8-19)17-57-58-18-28(40-30(46)6-2-4-24(38)34(51)52)32(48)42-26(36(55)56)16-20-9-13-22(44)14-10-20/h7-14,23-28,43-44H,1-6,15-18,37-38H2,(H,39,45)(H,40,46)(H,41,47)(H,42,48)(H,49,50)(H,51,52)(H,53,54)(H,55,56)/t23-,24-,25+,26+,27?,28?/m0/s1. The second kappa shape index (κ2) is 24.9. The first-order valence-electron chi connectivity index (χ1n) is 17.8. The molecule has 0 heterocycles. The molecule has 58 heavy (non-hydrogen) atoms. The molecule has 2 aromatic rings. The van der Waals surface area contributed by atoms with Gasteiger partial charge in [0.1, 0.15) is 47.8 Å². The summed E-state index contributed by atoms with van der Waals surface area (Å²) in [5.74, 6) is -8.98. The van der Waals surface area contributed by atoms with E-state index in [0.29, 0.717) is 11.1 Å². The number of aromatic hydroxyl groups is 2. The van der Waals surface area contributed by atoms with Gasteiger partial charge in [0.05, 0.1) is 0 Å². The van der Waals surface area contributed by atoms with Crippen molar-refractivity contribution in [3.63, 3.8) is 0 Å². The van der Waals surface area contributed by atoms with Gasteiger partial charge in [-0.2, -0.15) is 0 Å². The van der Waals surface area contributed by atoms with E-state index in [9.17, 15) is 58.8 Å². The number of aliphatic carboxylic acids is 4. The molecule has 0 radical (unpaired) electrons. The van der Waals surface area contributed by atoms with E-state index in [0.717, 1.165) is 21.6 Å². The highest BCUT2D eigenvalue weighted by molar-refractivity contribution is 8.76. The number of nitrogens with one attached hydrogen (secondary N) is 4. The average Bonchev–Trinajstić information content (AvgIpc) is 3.16. The number of phenols is 2. The van der Waals surface area contributed by atoms with Crippen LogP contribution in [0.5, 0.6) is 11.5 Å². The highest BCUT2D eigenvalue weighted by Crippen LogP contribution is 2.24. The molecule has 22 heteroatoms. The Balaban J connectivity index is 2.21. The summed E-state index contributed by atoms with van der Waals surface area (Å²) in [6.07, 6.45) is -0.792. The molecule has 0 aliphatic rings. The summed E-state index contributed by atoms with van der Waals surface area (Å²) >= 11 is 0. The van der Waals surface area contributed by atoms with Crippen LogP contribution in [0, 0.1) is 0 Å². The summed E-state index contributed by atoms with van der Waals surface area (Å²) < 4.78 is 0. The van der Waals surface area contributed by atoms with E-state index in [-0.39, 0.29) is 74.4 Å². The van der Waals surface area contributed by atoms with Gasteiger partial charge < -0.3 is 63.4 Å². The Morgan fingerprint density at radius 2 is 0.828 bits per heavy atom. The number of rotatable bonds is 27. The number of carboxylic acids is 4. The van der Waals surface area contributed by atoms with Crippen LogP contribution in [0.4, 0.5) is 0 Å². The summed E-state index contributed by atoms with van der Waals surface area (Å²) in [5, 5.41) is 66.6. The van der Waals surface area contributed by atoms with E-state index in [1.807, 2.05) is 0 Å². The SMILES string of the molecule is N[C@@H](CCCC(=O)NC(CSSCC(NC(=O)CCC[C@H](N)C(=O)O)C(=O)N[C@H](Cc1ccc(O)cc1)C(=O)O)C(=O)N[C@H](Cc1ccc(O)cc1)C(=O)O)C(=O)O. The van der Waals surface area contributed by atoms with Crippen molar-refractivity contribution in [1.29, 1.82) is 0 Å². The van der Waals surface area contributed by atoms with Gasteiger partial charge >= 0.3 is 23.9 Å². The van der Waals surface area contributed by atoms with Crippen LogP contribution in [-0.2, 0) is 51.2 Å². The normalized spacial score (nSPS) is 14.0. The number of nitrogens with two attached hydrogens (primary N) is 2. The van der Waals surface area contributed by atoms with Crippen molar-refractivity contribution < 1.29 is 69.0 Å². The van der Waals surface area contributed by atoms with Crippen molar-refractivity contribution in [1.82, 2.24) is 21.3 Å². The summed E-state index contributed by atoms with van der Waals surface area (Å²) in [4.78, 5) is 98.9. The largest absolute Gasteiger partial charge is 0.508 e. The molecule has 318 valence electrons. The maximum atomic E-state index is 13.4. The van der Waals surface area contributed by atoms with Crippen LogP contribution in [-0.4, -0.2) is 126 Å². The van der Waals surface area contributed by atoms with Gasteiger partial charge in [0.25, 0.3) is 0 Å². The van der Waals surface area contributed by atoms with Crippen LogP contribution < -0.4 is 32.7 Å². The Kier molecular flexibility index (Phi) is 20.9. The fourth-order valence-electron chi connectivity index (χ4n) is 5.02. The third-order valence-corrected chi connectivity index (χ3v) is 10.7. The Hall–Kier alpha value is -5.58. The fraction of sp³-hybridized carbons (Fsp3) is 0.444. The van der Waals surface area contributed by atoms with Gasteiger partial charge in [-0.3, -0.25) is 28.8 Å². The quantitative estimate of drug-likeness (QED) is 0.0399. The maximum absolute atomic E-state index is 13.4. The molecule has 0 bridgehead atoms. The topological polar surface area (TPSA) is 358 Å². The van der Waals surface area contributed by atoms with Gasteiger partial charge in [0.15, 0.2) is 0 Å². The number of hydrogen-bond acceptors (Lipinski definition) is 14. The third-order valence-electron chi connectivity index (χ3n) is 8.31. The van der Waals surface area contributed by atoms with E-state index in [2.05, 4.69) is 21.3 Å². The highest BCUT2D eigenvalue weighted by Gasteiger charge is 2.30. The molecule has 4 amide bonds. The molecule has 0 spiro atoms. The minimum absolute atomic E-state index is 0.0445. The Morgan fingerprint density at radius 1 is 0.500 bits per heavy atom. The molecule has 0 aliphatic heterocycles. The molecule has 0 saturated carbocycles. The number of phenolic OH excluding ortho intramolecular Hbond substituents is 2. The van der Waals surface area contributed by atoms with Crippen LogP contribution in [0.25, 0.3) is 0 Å². The van der Waals surface area contributed by atoms with Crippen LogP contribution >= 0.6 is 21.6 Å². The number of carbonyl (C=O) groups is 8. The van der Waals surface area contributed by atoms with E-state index >= 15 is 0 Å². The van der Waals surface area contributed by atoms with Crippen molar-refractivity contribution in [2.24, 2.45) is 11.5 Å². The van der Waals surface area contributed by atoms with Gasteiger partial charge in [-0.1, -0.05) is 45.9 Å². The zero-order valence-corrected chi connectivity index (χ0v) is 32.7. The lowest BCUT2D eigenvalue weighted by atomic mass is 10.1. The van der Waals surface area contributed by atoms with Crippen LogP contribution in [0.2, 0.25) is 0 Å². The lowest BCUT2D eigenvalue weighted by molar-refractivity contribution is -0.142. The number of hydrogen-bond donors (Lipinski definition) is 12. The van der Waals surface area contributed by atoms with E-state index < -0.39 is 83.8 Å². The molecule has 0 aromatic heterocycles. The highest BCUT2D eigenvalue weighted by atomic mass is 33.1. The van der Waals surface area contributed by atoms with Gasteiger partial charge in [0, 0.05) is 37.2 Å². The van der Waals surface area contributed by atoms with Crippen molar-refractivity contribution in [3.05, 3.63) is 59.7 Å². The average molecular weight is 853 g/mol. The Morgan fingerprint density at radius 3 is 1.12 bits per heavy atom. The van der Waals surface area contributed by atoms with Crippen molar-refractivity contribution >= 4 is 69.1 Å². The van der Waals surface area contributed by atoms with Crippen molar-refractivity contribution in [3.8, 4) is 11.5 Å². The summed E-state index contributed by atoms with van der Waals surface area (Å²) in [5.41, 5.74) is 11.9. The first-order chi connectivity index (χ1) is 27.4. The fourth-order valence-corrected chi connectivity index (χ4v) is 7.35. The number of benzene rings is 2. The van der Waals surface area contributed by atoms with Gasteiger partial charge in [0.2, 0.25) is 23.6 Å². The number of carbonyl (C=O) groups excluding carboxylic acids is 4. The molecule has 0 aliphatic carbocycles. The monoisotopic (exact) mass is 852 g/mol. The molecule has 2 rings (SSSR count). The molecule has 0 saturated heterocycles. The zero-order valence-electron chi connectivity index (χ0n) is 31.1. The Bertz CT molecular complexity index is 1610. The van der Waals surface area contributed by atoms with Crippen LogP contribution in [0.3, 0.4) is 0 Å². The number of carboxylic acid groups (broad SMARTS) is 4.